The van der Waals surface area contributed by atoms with Crippen molar-refractivity contribution in [3.8, 4) is 28.3 Å². The summed E-state index contributed by atoms with van der Waals surface area (Å²) in [7, 11) is 0. The second-order valence-corrected chi connectivity index (χ2v) is 9.81. The highest BCUT2D eigenvalue weighted by Crippen LogP contribution is 2.34. The van der Waals surface area contributed by atoms with Crippen molar-refractivity contribution in [1.29, 1.82) is 0 Å². The van der Waals surface area contributed by atoms with Crippen LogP contribution in [0.4, 0.5) is 17.6 Å². The van der Waals surface area contributed by atoms with Crippen molar-refractivity contribution in [1.82, 2.24) is 19.6 Å². The van der Waals surface area contributed by atoms with Crippen LogP contribution in [0.2, 0.25) is 10.0 Å². The Morgan fingerprint density at radius 2 is 1.65 bits per heavy atom. The molecule has 5 rings (SSSR count). The third-order valence-corrected chi connectivity index (χ3v) is 6.64. The molecule has 2 heterocycles. The van der Waals surface area contributed by atoms with Gasteiger partial charge in [0.05, 0.1) is 28.5 Å². The van der Waals surface area contributed by atoms with Crippen molar-refractivity contribution in [2.75, 3.05) is 0 Å². The van der Waals surface area contributed by atoms with Crippen LogP contribution in [-0.2, 0) is 12.7 Å². The van der Waals surface area contributed by atoms with E-state index in [1.165, 1.54) is 4.68 Å². The quantitative estimate of drug-likeness (QED) is 0.198. The van der Waals surface area contributed by atoms with Crippen LogP contribution in [0.1, 0.15) is 11.1 Å². The number of rotatable bonds is 4. The lowest BCUT2D eigenvalue weighted by Crippen LogP contribution is -2.19. The summed E-state index contributed by atoms with van der Waals surface area (Å²) in [6, 6.07) is 16.2. The molecule has 0 unspecified atom stereocenters. The molecule has 0 N–H and O–H groups in total. The molecule has 0 spiro atoms. The van der Waals surface area contributed by atoms with Gasteiger partial charge in [-0.1, -0.05) is 45.2 Å². The maximum atomic E-state index is 14.1. The summed E-state index contributed by atoms with van der Waals surface area (Å²) in [5, 5.41) is 9.62. The van der Waals surface area contributed by atoms with Crippen LogP contribution in [0.15, 0.2) is 76.0 Å². The molecule has 0 fully saturated rings. The number of hydrogen-bond donors (Lipinski definition) is 0. The van der Waals surface area contributed by atoms with Gasteiger partial charge in [0, 0.05) is 15.1 Å². The van der Waals surface area contributed by atoms with Gasteiger partial charge in [-0.05, 0) is 66.2 Å². The van der Waals surface area contributed by atoms with E-state index in [2.05, 4.69) is 26.1 Å². The average Bonchev–Trinajstić information content (AvgIpc) is 3.12. The molecule has 12 heteroatoms. The Balaban J connectivity index is 1.65. The van der Waals surface area contributed by atoms with E-state index >= 15 is 0 Å². The zero-order valence-corrected chi connectivity index (χ0v) is 21.5. The van der Waals surface area contributed by atoms with E-state index < -0.39 is 23.1 Å². The normalized spacial score (nSPS) is 11.9. The number of alkyl halides is 3. The number of fused-ring (bicyclic) bond motifs is 1. The SMILES string of the molecule is O=c1c2nn(-c3ccc(Br)cc3)c(-c3ccc(Cl)cc3Cl)cc-2nn1Cc1ccc(C(F)(F)F)c(F)c1. The van der Waals surface area contributed by atoms with Crippen LogP contribution in [0.3, 0.4) is 0 Å². The monoisotopic (exact) mass is 610 g/mol. The Kier molecular flexibility index (Phi) is 6.59. The van der Waals surface area contributed by atoms with Gasteiger partial charge in [-0.15, -0.1) is 0 Å². The second-order valence-electron chi connectivity index (χ2n) is 8.05. The Morgan fingerprint density at radius 3 is 2.30 bits per heavy atom. The molecule has 0 atom stereocenters. The van der Waals surface area contributed by atoms with Gasteiger partial charge in [0.2, 0.25) is 0 Å². The highest BCUT2D eigenvalue weighted by atomic mass is 79.9. The third-order valence-electron chi connectivity index (χ3n) is 5.56. The molecule has 0 aromatic heterocycles. The summed E-state index contributed by atoms with van der Waals surface area (Å²) >= 11 is 15.9. The fourth-order valence-corrected chi connectivity index (χ4v) is 4.60. The Labute approximate surface area is 225 Å². The Hall–Kier alpha value is -3.21. The average molecular weight is 612 g/mol. The van der Waals surface area contributed by atoms with E-state index in [1.54, 1.807) is 36.4 Å². The van der Waals surface area contributed by atoms with E-state index in [-0.39, 0.29) is 23.5 Å². The summed E-state index contributed by atoms with van der Waals surface area (Å²) in [5.41, 5.74) is 0.133. The first-order valence-electron chi connectivity index (χ1n) is 10.6. The minimum Gasteiger partial charge on any atom is -0.265 e. The zero-order valence-electron chi connectivity index (χ0n) is 18.4. The molecule has 2 aliphatic rings. The Bertz CT molecular complexity index is 1670. The van der Waals surface area contributed by atoms with Crippen LogP contribution < -0.4 is 5.56 Å². The number of aromatic nitrogens is 4. The number of nitrogens with zero attached hydrogens (tertiary/aromatic N) is 4. The molecule has 0 amide bonds. The minimum atomic E-state index is -4.82. The fraction of sp³-hybridized carbons (Fsp3) is 0.0800. The lowest BCUT2D eigenvalue weighted by molar-refractivity contribution is -0.140. The van der Waals surface area contributed by atoms with Crippen molar-refractivity contribution in [2.45, 2.75) is 12.7 Å². The summed E-state index contributed by atoms with van der Waals surface area (Å²) < 4.78 is 56.2. The van der Waals surface area contributed by atoms with Crippen molar-refractivity contribution in [3.63, 3.8) is 0 Å². The molecule has 0 aliphatic carbocycles. The van der Waals surface area contributed by atoms with Gasteiger partial charge in [0.25, 0.3) is 5.56 Å². The third kappa shape index (κ3) is 5.01. The molecular formula is C25H13BrCl2F4N4O. The van der Waals surface area contributed by atoms with Gasteiger partial charge >= 0.3 is 6.18 Å². The molecular weight excluding hydrogens is 599 g/mol. The highest BCUT2D eigenvalue weighted by molar-refractivity contribution is 9.10. The predicted molar refractivity (Wildman–Crippen MR) is 136 cm³/mol. The molecule has 5 nitrogen and oxygen atoms in total. The predicted octanol–water partition coefficient (Wildman–Crippen LogP) is 7.48. The summed E-state index contributed by atoms with van der Waals surface area (Å²) in [5.74, 6) is -1.43. The Morgan fingerprint density at radius 1 is 0.919 bits per heavy atom. The van der Waals surface area contributed by atoms with Crippen molar-refractivity contribution in [2.24, 2.45) is 0 Å². The van der Waals surface area contributed by atoms with Gasteiger partial charge in [-0.3, -0.25) is 4.79 Å². The summed E-state index contributed by atoms with van der Waals surface area (Å²) in [4.78, 5) is 13.1. The zero-order chi connectivity index (χ0) is 26.5. The fourth-order valence-electron chi connectivity index (χ4n) is 3.83. The van der Waals surface area contributed by atoms with Crippen LogP contribution in [0, 0.1) is 5.82 Å². The van der Waals surface area contributed by atoms with Gasteiger partial charge in [0.1, 0.15) is 11.5 Å². The lowest BCUT2D eigenvalue weighted by atomic mass is 10.1. The largest absolute Gasteiger partial charge is 0.419 e. The molecule has 0 saturated carbocycles. The topological polar surface area (TPSA) is 52.7 Å². The van der Waals surface area contributed by atoms with Gasteiger partial charge < -0.3 is 0 Å². The number of hydrogen-bond acceptors (Lipinski definition) is 3. The molecule has 3 aromatic rings. The summed E-state index contributed by atoms with van der Waals surface area (Å²) in [6.45, 7) is -0.250. The van der Waals surface area contributed by atoms with Crippen molar-refractivity contribution >= 4 is 39.1 Å². The van der Waals surface area contributed by atoms with Gasteiger partial charge in [0.15, 0.2) is 5.69 Å². The maximum absolute atomic E-state index is 14.1. The smallest absolute Gasteiger partial charge is 0.265 e. The first-order valence-corrected chi connectivity index (χ1v) is 12.1. The first kappa shape index (κ1) is 25.4. The van der Waals surface area contributed by atoms with E-state index in [0.29, 0.717) is 33.1 Å². The summed E-state index contributed by atoms with van der Waals surface area (Å²) in [6.07, 6.45) is -4.82. The number of halogens is 7. The standard InChI is InChI=1S/C25H13BrCl2F4N4O/c26-14-2-5-16(6-3-14)36-22(17-7-4-15(27)10-19(17)28)11-21-23(34-36)24(37)35(33-21)12-13-1-8-18(20(29)9-13)25(30,31)32/h1-11H,12H2. The van der Waals surface area contributed by atoms with E-state index in [0.717, 1.165) is 21.3 Å². The first-order chi connectivity index (χ1) is 17.5. The molecule has 0 radical (unpaired) electrons. The molecule has 3 aromatic carbocycles. The molecule has 0 saturated heterocycles. The van der Waals surface area contributed by atoms with E-state index in [1.807, 2.05) is 12.1 Å². The highest BCUT2D eigenvalue weighted by Gasteiger charge is 2.34. The van der Waals surface area contributed by atoms with Crippen LogP contribution >= 0.6 is 39.1 Å². The molecule has 188 valence electrons. The van der Waals surface area contributed by atoms with Crippen LogP contribution in [0.5, 0.6) is 0 Å². The van der Waals surface area contributed by atoms with Crippen molar-refractivity contribution < 1.29 is 17.6 Å². The van der Waals surface area contributed by atoms with E-state index in [4.69, 9.17) is 23.2 Å². The molecule has 2 aliphatic heterocycles. The number of benzene rings is 3. The van der Waals surface area contributed by atoms with Crippen LogP contribution in [0.25, 0.3) is 28.3 Å². The second kappa shape index (κ2) is 9.59. The molecule has 0 bridgehead atoms. The van der Waals surface area contributed by atoms with Gasteiger partial charge in [-0.2, -0.15) is 23.4 Å². The van der Waals surface area contributed by atoms with Crippen LogP contribution in [-0.4, -0.2) is 19.6 Å². The minimum absolute atomic E-state index is 0.0177. The lowest BCUT2D eigenvalue weighted by Gasteiger charge is -2.15. The van der Waals surface area contributed by atoms with Crippen molar-refractivity contribution in [3.05, 3.63) is 109 Å². The van der Waals surface area contributed by atoms with Gasteiger partial charge in [-0.25, -0.2) is 13.8 Å². The van der Waals surface area contributed by atoms with E-state index in [9.17, 15) is 22.4 Å². The maximum Gasteiger partial charge on any atom is 0.419 e. The molecule has 37 heavy (non-hydrogen) atoms.